The molecule has 0 aromatic heterocycles. The molecule has 14 heteroatoms. The summed E-state index contributed by atoms with van der Waals surface area (Å²) in [5, 5.41) is 74.1. The van der Waals surface area contributed by atoms with Crippen molar-refractivity contribution < 1.29 is 59.0 Å². The van der Waals surface area contributed by atoms with Crippen molar-refractivity contribution >= 4 is 13.7 Å². The van der Waals surface area contributed by atoms with Crippen LogP contribution >= 0.6 is 7.82 Å². The predicted molar refractivity (Wildman–Crippen MR) is 261 cm³/mol. The van der Waals surface area contributed by atoms with Gasteiger partial charge in [0, 0.05) is 0 Å². The number of unbranched alkanes of at least 4 members (excludes halogenated alkanes) is 30. The molecule has 0 spiro atoms. The van der Waals surface area contributed by atoms with Crippen LogP contribution in [-0.4, -0.2) is 108 Å². The highest BCUT2D eigenvalue weighted by molar-refractivity contribution is 7.47. The second-order valence-corrected chi connectivity index (χ2v) is 20.7. The first-order valence-electron chi connectivity index (χ1n) is 26.7. The third-order valence-corrected chi connectivity index (χ3v) is 14.1. The minimum atomic E-state index is -5.10. The van der Waals surface area contributed by atoms with Crippen molar-refractivity contribution in [2.45, 2.75) is 300 Å². The van der Waals surface area contributed by atoms with E-state index in [1.807, 2.05) is 6.92 Å². The van der Waals surface area contributed by atoms with Crippen molar-refractivity contribution in [2.24, 2.45) is 0 Å². The van der Waals surface area contributed by atoms with Gasteiger partial charge in [0.05, 0.1) is 31.3 Å². The normalized spacial score (nSPS) is 22.6. The summed E-state index contributed by atoms with van der Waals surface area (Å²) in [4.78, 5) is 23.2. The Kier molecular flexibility index (Phi) is 39.0. The highest BCUT2D eigenvalue weighted by Crippen LogP contribution is 2.47. The molecule has 1 aliphatic carbocycles. The molecule has 0 heterocycles. The van der Waals surface area contributed by atoms with Crippen LogP contribution in [-0.2, 0) is 18.4 Å². The summed E-state index contributed by atoms with van der Waals surface area (Å²) in [6.45, 7) is 3.64. The number of aliphatic hydroxyl groups excluding tert-OH is 7. The average Bonchev–Trinajstić information content (AvgIpc) is 3.28. The molecule has 0 radical (unpaired) electrons. The molecule has 8 unspecified atom stereocenters. The molecule has 1 fully saturated rings. The Hall–Kier alpha value is -0.960. The Bertz CT molecular complexity index is 1170. The van der Waals surface area contributed by atoms with Crippen molar-refractivity contribution in [2.75, 3.05) is 6.61 Å². The van der Waals surface area contributed by atoms with Gasteiger partial charge >= 0.3 is 7.82 Å². The first-order chi connectivity index (χ1) is 31.3. The molecule has 8 atom stereocenters. The lowest BCUT2D eigenvalue weighted by Gasteiger charge is -2.41. The van der Waals surface area contributed by atoms with Gasteiger partial charge in [-0.15, -0.1) is 0 Å². The van der Waals surface area contributed by atoms with Gasteiger partial charge in [0.15, 0.2) is 0 Å². The molecule has 0 aromatic carbocycles. The maximum atomic E-state index is 12.9. The number of amides is 1. The number of rotatable bonds is 45. The van der Waals surface area contributed by atoms with Gasteiger partial charge in [0.2, 0.25) is 5.91 Å². The highest BCUT2D eigenvalue weighted by atomic mass is 31.2. The number of nitrogens with one attached hydrogen (secondary N) is 1. The summed E-state index contributed by atoms with van der Waals surface area (Å²) in [5.41, 5.74) is 0. The molecule has 1 amide bonds. The number of hydrogen-bond donors (Lipinski definition) is 9. The van der Waals surface area contributed by atoms with E-state index < -0.39 is 75.2 Å². The molecule has 9 N–H and O–H groups in total. The summed E-state index contributed by atoms with van der Waals surface area (Å²) in [6.07, 6.45) is 32.6. The van der Waals surface area contributed by atoms with Crippen LogP contribution in [0.4, 0.5) is 0 Å². The van der Waals surface area contributed by atoms with Gasteiger partial charge in [0.25, 0.3) is 0 Å². The number of carbonyl (C=O) groups is 1. The number of hydrogen-bond acceptors (Lipinski definition) is 11. The fourth-order valence-corrected chi connectivity index (χ4v) is 9.74. The number of aliphatic hydroxyl groups is 7. The van der Waals surface area contributed by atoms with Crippen LogP contribution in [0.15, 0.2) is 12.2 Å². The molecule has 0 aromatic rings. The molecule has 0 saturated heterocycles. The summed E-state index contributed by atoms with van der Waals surface area (Å²) < 4.78 is 22.7. The van der Waals surface area contributed by atoms with Crippen molar-refractivity contribution in [3.8, 4) is 0 Å². The molecular formula is C51H100NO12P. The van der Waals surface area contributed by atoms with Gasteiger partial charge in [-0.2, -0.15) is 0 Å². The standard InChI is InChI=1S/C51H100NO12P/c1-3-5-7-9-10-11-12-13-14-15-16-17-18-19-20-21-22-23-24-25-26-27-28-29-30-31-32-33-34-35-36-38-42(53)40-45(55)52-43(44(54)39-37-8-6-4-2)41-63-65(61,62)64-51-49(59)47(57)46(56)48(58)50(51)60/h19-20,42-44,46-51,53-54,56-60H,3-18,21-41H2,1-2H3,(H,52,55)(H,61,62)/b20-19-. The van der Waals surface area contributed by atoms with Crippen LogP contribution < -0.4 is 5.32 Å². The van der Waals surface area contributed by atoms with Gasteiger partial charge in [0.1, 0.15) is 36.6 Å². The summed E-state index contributed by atoms with van der Waals surface area (Å²) in [7, 11) is -5.10. The smallest absolute Gasteiger partial charge is 0.393 e. The van der Waals surface area contributed by atoms with E-state index in [4.69, 9.17) is 9.05 Å². The molecule has 0 bridgehead atoms. The first kappa shape index (κ1) is 62.1. The predicted octanol–water partition coefficient (Wildman–Crippen LogP) is 10.2. The molecule has 386 valence electrons. The zero-order chi connectivity index (χ0) is 48.0. The van der Waals surface area contributed by atoms with E-state index in [9.17, 15) is 50.0 Å². The van der Waals surface area contributed by atoms with Crippen LogP contribution in [0.2, 0.25) is 0 Å². The molecule has 0 aliphatic heterocycles. The third-order valence-electron chi connectivity index (χ3n) is 13.1. The quantitative estimate of drug-likeness (QED) is 0.0158. The lowest BCUT2D eigenvalue weighted by molar-refractivity contribution is -0.220. The summed E-state index contributed by atoms with van der Waals surface area (Å²) in [5.74, 6) is -0.566. The average molecular weight is 950 g/mol. The van der Waals surface area contributed by atoms with Gasteiger partial charge in [-0.25, -0.2) is 4.57 Å². The van der Waals surface area contributed by atoms with E-state index in [2.05, 4.69) is 24.4 Å². The lowest BCUT2D eigenvalue weighted by atomic mass is 9.85. The van der Waals surface area contributed by atoms with Crippen molar-refractivity contribution in [1.82, 2.24) is 5.32 Å². The monoisotopic (exact) mass is 950 g/mol. The molecule has 1 saturated carbocycles. The largest absolute Gasteiger partial charge is 0.472 e. The Morgan fingerprint density at radius 3 is 1.28 bits per heavy atom. The lowest BCUT2D eigenvalue weighted by Crippen LogP contribution is -2.64. The SMILES string of the molecule is CCCCCCCCCCCCCC/C=C\CCCCCCCCCCCCCCCCCC(O)CC(=O)NC(COP(=O)(O)OC1C(O)C(O)C(O)C(O)C1O)C(O)CCCCCC. The minimum absolute atomic E-state index is 0.220. The van der Waals surface area contributed by atoms with Crippen LogP contribution in [0.1, 0.15) is 245 Å². The fourth-order valence-electron chi connectivity index (χ4n) is 8.77. The molecule has 65 heavy (non-hydrogen) atoms. The van der Waals surface area contributed by atoms with Crippen molar-refractivity contribution in [3.05, 3.63) is 12.2 Å². The number of phosphoric ester groups is 1. The second-order valence-electron chi connectivity index (χ2n) is 19.3. The van der Waals surface area contributed by atoms with Gasteiger partial charge in [-0.3, -0.25) is 13.8 Å². The van der Waals surface area contributed by atoms with E-state index in [-0.39, 0.29) is 12.8 Å². The Morgan fingerprint density at radius 1 is 0.523 bits per heavy atom. The van der Waals surface area contributed by atoms with Gasteiger partial charge in [-0.1, -0.05) is 212 Å². The van der Waals surface area contributed by atoms with E-state index in [1.165, 1.54) is 161 Å². The second kappa shape index (κ2) is 40.9. The molecule has 1 rings (SSSR count). The fraction of sp³-hybridized carbons (Fsp3) is 0.941. The topological polar surface area (TPSA) is 226 Å². The Balaban J connectivity index is 2.10. The van der Waals surface area contributed by atoms with Crippen LogP contribution in [0, 0.1) is 0 Å². The van der Waals surface area contributed by atoms with E-state index in [0.717, 1.165) is 44.9 Å². The molecule has 13 nitrogen and oxygen atoms in total. The summed E-state index contributed by atoms with van der Waals surface area (Å²) in [6, 6.07) is -1.15. The van der Waals surface area contributed by atoms with Crippen LogP contribution in [0.5, 0.6) is 0 Å². The van der Waals surface area contributed by atoms with Crippen molar-refractivity contribution in [3.63, 3.8) is 0 Å². The Morgan fingerprint density at radius 2 is 0.862 bits per heavy atom. The highest BCUT2D eigenvalue weighted by Gasteiger charge is 2.51. The molecular weight excluding hydrogens is 850 g/mol. The zero-order valence-electron chi connectivity index (χ0n) is 41.2. The maximum absolute atomic E-state index is 12.9. The summed E-state index contributed by atoms with van der Waals surface area (Å²) >= 11 is 0. The van der Waals surface area contributed by atoms with Gasteiger partial charge < -0.3 is 46.0 Å². The zero-order valence-corrected chi connectivity index (χ0v) is 42.1. The number of carbonyl (C=O) groups excluding carboxylic acids is 1. The van der Waals surface area contributed by atoms with Crippen LogP contribution in [0.25, 0.3) is 0 Å². The van der Waals surface area contributed by atoms with E-state index >= 15 is 0 Å². The molecule has 1 aliphatic rings. The third kappa shape index (κ3) is 32.5. The first-order valence-corrected chi connectivity index (χ1v) is 28.2. The Labute approximate surface area is 395 Å². The number of phosphoric acid groups is 1. The number of allylic oxidation sites excluding steroid dienone is 2. The van der Waals surface area contributed by atoms with E-state index in [0.29, 0.717) is 12.8 Å². The van der Waals surface area contributed by atoms with Crippen LogP contribution in [0.3, 0.4) is 0 Å². The van der Waals surface area contributed by atoms with Crippen molar-refractivity contribution in [1.29, 1.82) is 0 Å². The van der Waals surface area contributed by atoms with E-state index in [1.54, 1.807) is 0 Å². The maximum Gasteiger partial charge on any atom is 0.472 e. The van der Waals surface area contributed by atoms with Gasteiger partial charge in [-0.05, 0) is 38.5 Å². The minimum Gasteiger partial charge on any atom is -0.393 e.